The first-order chi connectivity index (χ1) is 7.38. The van der Waals surface area contributed by atoms with Crippen LogP contribution in [-0.2, 0) is 6.54 Å². The zero-order valence-electron chi connectivity index (χ0n) is 9.18. The summed E-state index contributed by atoms with van der Waals surface area (Å²) in [5.41, 5.74) is 5.67. The molecular weight excluding hydrogens is 188 g/mol. The average molecular weight is 208 g/mol. The predicted octanol–water partition coefficient (Wildman–Crippen LogP) is 0.554. The molecule has 1 aliphatic rings. The van der Waals surface area contributed by atoms with Crippen LogP contribution in [0.5, 0.6) is 0 Å². The standard InChI is InChI=1S/C11H20N4/c12-9-11-1-4-14(5-2-11)7-8-15-6-3-13-10-15/h3,6,10-11H,1-2,4-5,7-9,12H2. The van der Waals surface area contributed by atoms with Crippen molar-refractivity contribution in [2.45, 2.75) is 19.4 Å². The quantitative estimate of drug-likeness (QED) is 0.786. The van der Waals surface area contributed by atoms with Crippen molar-refractivity contribution in [3.63, 3.8) is 0 Å². The van der Waals surface area contributed by atoms with E-state index in [0.29, 0.717) is 0 Å². The molecule has 0 aromatic carbocycles. The van der Waals surface area contributed by atoms with E-state index in [1.54, 1.807) is 0 Å². The molecule has 84 valence electrons. The molecule has 0 atom stereocenters. The molecule has 0 bridgehead atoms. The normalized spacial score (nSPS) is 19.5. The van der Waals surface area contributed by atoms with Crippen molar-refractivity contribution in [3.8, 4) is 0 Å². The first-order valence-electron chi connectivity index (χ1n) is 5.76. The van der Waals surface area contributed by atoms with Gasteiger partial charge in [0.15, 0.2) is 0 Å². The first kappa shape index (κ1) is 10.6. The predicted molar refractivity (Wildman–Crippen MR) is 60.4 cm³/mol. The Balaban J connectivity index is 1.69. The summed E-state index contributed by atoms with van der Waals surface area (Å²) in [6.45, 7) is 5.45. The van der Waals surface area contributed by atoms with Crippen LogP contribution in [0.3, 0.4) is 0 Å². The van der Waals surface area contributed by atoms with Gasteiger partial charge in [-0.05, 0) is 38.4 Å². The highest BCUT2D eigenvalue weighted by molar-refractivity contribution is 4.76. The summed E-state index contributed by atoms with van der Waals surface area (Å²) in [6.07, 6.45) is 8.26. The number of nitrogens with zero attached hydrogens (tertiary/aromatic N) is 3. The van der Waals surface area contributed by atoms with E-state index in [-0.39, 0.29) is 0 Å². The molecule has 1 aromatic rings. The van der Waals surface area contributed by atoms with Crippen LogP contribution in [0.25, 0.3) is 0 Å². The summed E-state index contributed by atoms with van der Waals surface area (Å²) >= 11 is 0. The fourth-order valence-corrected chi connectivity index (χ4v) is 2.12. The second kappa shape index (κ2) is 5.28. The molecule has 4 heteroatoms. The molecule has 1 saturated heterocycles. The number of hydrogen-bond donors (Lipinski definition) is 1. The first-order valence-corrected chi connectivity index (χ1v) is 5.76. The molecule has 2 rings (SSSR count). The number of imidazole rings is 1. The Morgan fingerprint density at radius 1 is 1.27 bits per heavy atom. The Morgan fingerprint density at radius 2 is 2.07 bits per heavy atom. The summed E-state index contributed by atoms with van der Waals surface area (Å²) in [7, 11) is 0. The maximum absolute atomic E-state index is 5.67. The second-order valence-electron chi connectivity index (χ2n) is 4.32. The molecule has 2 heterocycles. The van der Waals surface area contributed by atoms with Gasteiger partial charge in [0, 0.05) is 25.5 Å². The van der Waals surface area contributed by atoms with Crippen molar-refractivity contribution in [2.75, 3.05) is 26.2 Å². The molecule has 0 aliphatic carbocycles. The third-order valence-corrected chi connectivity index (χ3v) is 3.27. The summed E-state index contributed by atoms with van der Waals surface area (Å²) in [6, 6.07) is 0. The van der Waals surface area contributed by atoms with E-state index < -0.39 is 0 Å². The lowest BCUT2D eigenvalue weighted by molar-refractivity contribution is 0.182. The SMILES string of the molecule is NCC1CCN(CCn2ccnc2)CC1. The molecule has 0 spiro atoms. The van der Waals surface area contributed by atoms with E-state index in [0.717, 1.165) is 25.6 Å². The van der Waals surface area contributed by atoms with Crippen LogP contribution < -0.4 is 5.73 Å². The van der Waals surface area contributed by atoms with E-state index in [4.69, 9.17) is 5.73 Å². The highest BCUT2D eigenvalue weighted by Gasteiger charge is 2.17. The number of aromatic nitrogens is 2. The van der Waals surface area contributed by atoms with Gasteiger partial charge < -0.3 is 15.2 Å². The van der Waals surface area contributed by atoms with E-state index in [2.05, 4.69) is 14.5 Å². The highest BCUT2D eigenvalue weighted by atomic mass is 15.2. The molecule has 1 fully saturated rings. The van der Waals surface area contributed by atoms with Crippen LogP contribution in [0, 0.1) is 5.92 Å². The molecule has 1 aliphatic heterocycles. The van der Waals surface area contributed by atoms with E-state index in [1.165, 1.54) is 25.9 Å². The minimum atomic E-state index is 0.759. The molecule has 0 amide bonds. The minimum absolute atomic E-state index is 0.759. The Hall–Kier alpha value is -0.870. The molecule has 0 radical (unpaired) electrons. The summed E-state index contributed by atoms with van der Waals surface area (Å²) in [5, 5.41) is 0. The van der Waals surface area contributed by atoms with Gasteiger partial charge in [-0.2, -0.15) is 0 Å². The number of piperidine rings is 1. The zero-order valence-corrected chi connectivity index (χ0v) is 9.18. The van der Waals surface area contributed by atoms with Crippen LogP contribution in [0.4, 0.5) is 0 Å². The van der Waals surface area contributed by atoms with Gasteiger partial charge in [-0.1, -0.05) is 0 Å². The van der Waals surface area contributed by atoms with Crippen molar-refractivity contribution < 1.29 is 0 Å². The third-order valence-electron chi connectivity index (χ3n) is 3.27. The number of hydrogen-bond acceptors (Lipinski definition) is 3. The van der Waals surface area contributed by atoms with Gasteiger partial charge in [0.25, 0.3) is 0 Å². The minimum Gasteiger partial charge on any atom is -0.336 e. The van der Waals surface area contributed by atoms with Gasteiger partial charge in [-0.3, -0.25) is 0 Å². The van der Waals surface area contributed by atoms with Crippen molar-refractivity contribution >= 4 is 0 Å². The molecule has 4 nitrogen and oxygen atoms in total. The van der Waals surface area contributed by atoms with Crippen LogP contribution in [-0.4, -0.2) is 40.6 Å². The zero-order chi connectivity index (χ0) is 10.5. The van der Waals surface area contributed by atoms with Crippen molar-refractivity contribution in [3.05, 3.63) is 18.7 Å². The number of nitrogens with two attached hydrogens (primary N) is 1. The third kappa shape index (κ3) is 3.04. The Labute approximate surface area is 91.1 Å². The maximum Gasteiger partial charge on any atom is 0.0946 e. The monoisotopic (exact) mass is 208 g/mol. The van der Waals surface area contributed by atoms with E-state index in [9.17, 15) is 0 Å². The van der Waals surface area contributed by atoms with Gasteiger partial charge in [0.2, 0.25) is 0 Å². The van der Waals surface area contributed by atoms with Crippen LogP contribution in [0.2, 0.25) is 0 Å². The van der Waals surface area contributed by atoms with Gasteiger partial charge in [0.1, 0.15) is 0 Å². The van der Waals surface area contributed by atoms with Crippen molar-refractivity contribution in [2.24, 2.45) is 11.7 Å². The molecule has 0 saturated carbocycles. The summed E-state index contributed by atoms with van der Waals surface area (Å²) in [4.78, 5) is 6.56. The van der Waals surface area contributed by atoms with E-state index in [1.807, 2.05) is 18.7 Å². The van der Waals surface area contributed by atoms with Gasteiger partial charge in [0.05, 0.1) is 6.33 Å². The van der Waals surface area contributed by atoms with E-state index >= 15 is 0 Å². The molecule has 1 aromatic heterocycles. The van der Waals surface area contributed by atoms with Crippen LogP contribution in [0.1, 0.15) is 12.8 Å². The second-order valence-corrected chi connectivity index (χ2v) is 4.32. The van der Waals surface area contributed by atoms with Crippen LogP contribution >= 0.6 is 0 Å². The fraction of sp³-hybridized carbons (Fsp3) is 0.727. The Kier molecular flexibility index (Phi) is 3.75. The number of rotatable bonds is 4. The van der Waals surface area contributed by atoms with Crippen molar-refractivity contribution in [1.82, 2.24) is 14.5 Å². The Bertz CT molecular complexity index is 262. The van der Waals surface area contributed by atoms with Gasteiger partial charge >= 0.3 is 0 Å². The lowest BCUT2D eigenvalue weighted by Gasteiger charge is -2.31. The molecule has 2 N–H and O–H groups in total. The number of likely N-dealkylation sites (tertiary alicyclic amines) is 1. The van der Waals surface area contributed by atoms with Gasteiger partial charge in [-0.25, -0.2) is 4.98 Å². The van der Waals surface area contributed by atoms with Gasteiger partial charge in [-0.15, -0.1) is 0 Å². The lowest BCUT2D eigenvalue weighted by atomic mass is 9.97. The molecule has 0 unspecified atom stereocenters. The average Bonchev–Trinajstić information content (AvgIpc) is 2.80. The topological polar surface area (TPSA) is 47.1 Å². The smallest absolute Gasteiger partial charge is 0.0946 e. The summed E-state index contributed by atoms with van der Waals surface area (Å²) < 4.78 is 2.13. The van der Waals surface area contributed by atoms with Crippen molar-refractivity contribution in [1.29, 1.82) is 0 Å². The molecule has 15 heavy (non-hydrogen) atoms. The largest absolute Gasteiger partial charge is 0.336 e. The molecular formula is C11H20N4. The fourth-order valence-electron chi connectivity index (χ4n) is 2.12. The summed E-state index contributed by atoms with van der Waals surface area (Å²) in [5.74, 6) is 0.759. The lowest BCUT2D eigenvalue weighted by Crippen LogP contribution is -2.37. The Morgan fingerprint density at radius 3 is 2.67 bits per heavy atom. The highest BCUT2D eigenvalue weighted by Crippen LogP contribution is 2.15. The van der Waals surface area contributed by atoms with Crippen LogP contribution in [0.15, 0.2) is 18.7 Å². The maximum atomic E-state index is 5.67.